The first-order valence-electron chi connectivity index (χ1n) is 9.45. The van der Waals surface area contributed by atoms with Crippen LogP contribution in [0.5, 0.6) is 0 Å². The fourth-order valence-corrected chi connectivity index (χ4v) is 4.09. The van der Waals surface area contributed by atoms with Gasteiger partial charge in [-0.3, -0.25) is 9.20 Å². The minimum absolute atomic E-state index is 0.0208. The Kier molecular flexibility index (Phi) is 5.74. The van der Waals surface area contributed by atoms with E-state index in [0.29, 0.717) is 26.1 Å². The summed E-state index contributed by atoms with van der Waals surface area (Å²) in [4.78, 5) is 34.3. The van der Waals surface area contributed by atoms with Gasteiger partial charge in [-0.05, 0) is 27.2 Å². The third kappa shape index (κ3) is 4.80. The second kappa shape index (κ2) is 7.88. The Balaban J connectivity index is 1.65. The third-order valence-electron chi connectivity index (χ3n) is 4.55. The van der Waals surface area contributed by atoms with E-state index in [4.69, 9.17) is 4.74 Å². The quantitative estimate of drug-likeness (QED) is 0.801. The molecule has 0 radical (unpaired) electrons. The predicted molar refractivity (Wildman–Crippen MR) is 105 cm³/mol. The van der Waals surface area contributed by atoms with Gasteiger partial charge in [0.15, 0.2) is 4.96 Å². The van der Waals surface area contributed by atoms with Crippen LogP contribution in [-0.4, -0.2) is 62.5 Å². The zero-order valence-corrected chi connectivity index (χ0v) is 17.3. The normalized spacial score (nSPS) is 18.1. The number of fused-ring (bicyclic) bond motifs is 1. The summed E-state index contributed by atoms with van der Waals surface area (Å²) < 4.78 is 7.43. The molecule has 0 bridgehead atoms. The van der Waals surface area contributed by atoms with Gasteiger partial charge in [0.2, 0.25) is 5.91 Å². The van der Waals surface area contributed by atoms with Gasteiger partial charge in [0.1, 0.15) is 5.60 Å². The average molecular weight is 393 g/mol. The van der Waals surface area contributed by atoms with Gasteiger partial charge in [-0.2, -0.15) is 0 Å². The van der Waals surface area contributed by atoms with E-state index < -0.39 is 5.60 Å². The number of piperazine rings is 1. The Morgan fingerprint density at radius 3 is 2.78 bits per heavy atom. The maximum Gasteiger partial charge on any atom is 0.410 e. The number of hydrogen-bond acceptors (Lipinski definition) is 5. The van der Waals surface area contributed by atoms with Crippen molar-refractivity contribution in [2.75, 3.05) is 19.6 Å². The second-order valence-corrected chi connectivity index (χ2v) is 8.83. The Bertz CT molecular complexity index is 779. The Hall–Kier alpha value is -2.09. The molecule has 3 rings (SSSR count). The standard InChI is InChI=1S/C19H28N4O3S/c1-5-6-15-13-22(18(25)26-19(2,3)4)7-8-23(15)16(24)11-14-12-21-9-10-27-17(21)20-14/h9-10,12,15H,5-8,11,13H2,1-4H3. The van der Waals surface area contributed by atoms with Crippen molar-refractivity contribution < 1.29 is 14.3 Å². The number of imidazole rings is 1. The van der Waals surface area contributed by atoms with E-state index in [1.807, 2.05) is 47.8 Å². The van der Waals surface area contributed by atoms with Crippen LogP contribution in [-0.2, 0) is 16.0 Å². The molecule has 1 unspecified atom stereocenters. The minimum atomic E-state index is -0.516. The zero-order valence-electron chi connectivity index (χ0n) is 16.5. The molecule has 8 heteroatoms. The molecular weight excluding hydrogens is 364 g/mol. The fourth-order valence-electron chi connectivity index (χ4n) is 3.37. The lowest BCUT2D eigenvalue weighted by atomic mass is 10.1. The van der Waals surface area contributed by atoms with Crippen LogP contribution in [0.3, 0.4) is 0 Å². The van der Waals surface area contributed by atoms with E-state index in [1.54, 1.807) is 16.2 Å². The van der Waals surface area contributed by atoms with Gasteiger partial charge in [-0.15, -0.1) is 11.3 Å². The van der Waals surface area contributed by atoms with Crippen LogP contribution in [0.4, 0.5) is 4.79 Å². The number of hydrogen-bond donors (Lipinski definition) is 0. The van der Waals surface area contributed by atoms with Crippen molar-refractivity contribution in [2.24, 2.45) is 0 Å². The summed E-state index contributed by atoms with van der Waals surface area (Å²) in [6.45, 7) is 9.24. The van der Waals surface area contributed by atoms with Gasteiger partial charge < -0.3 is 14.5 Å². The Morgan fingerprint density at radius 2 is 2.11 bits per heavy atom. The summed E-state index contributed by atoms with van der Waals surface area (Å²) in [5.74, 6) is 0.0723. The van der Waals surface area contributed by atoms with Crippen molar-refractivity contribution in [2.45, 2.75) is 58.6 Å². The molecule has 0 aromatic carbocycles. The predicted octanol–water partition coefficient (Wildman–Crippen LogP) is 3.19. The van der Waals surface area contributed by atoms with Gasteiger partial charge in [-0.1, -0.05) is 13.3 Å². The zero-order chi connectivity index (χ0) is 19.6. The number of thiazole rings is 1. The van der Waals surface area contributed by atoms with Crippen molar-refractivity contribution in [3.8, 4) is 0 Å². The smallest absolute Gasteiger partial charge is 0.410 e. The van der Waals surface area contributed by atoms with Crippen molar-refractivity contribution in [3.63, 3.8) is 0 Å². The minimum Gasteiger partial charge on any atom is -0.444 e. The molecule has 2 aromatic heterocycles. The van der Waals surface area contributed by atoms with Crippen molar-refractivity contribution in [3.05, 3.63) is 23.5 Å². The highest BCUT2D eigenvalue weighted by atomic mass is 32.1. The molecular formula is C19H28N4O3S. The SMILES string of the molecule is CCCC1CN(C(=O)OC(C)(C)C)CCN1C(=O)Cc1cn2ccsc2n1. The summed E-state index contributed by atoms with van der Waals surface area (Å²) in [6, 6.07) is 0.0208. The molecule has 2 amide bonds. The van der Waals surface area contributed by atoms with Crippen molar-refractivity contribution in [1.82, 2.24) is 19.2 Å². The Labute approximate surface area is 163 Å². The van der Waals surface area contributed by atoms with Crippen LogP contribution >= 0.6 is 11.3 Å². The first kappa shape index (κ1) is 19.7. The first-order valence-corrected chi connectivity index (χ1v) is 10.3. The van der Waals surface area contributed by atoms with E-state index in [1.165, 1.54) is 0 Å². The van der Waals surface area contributed by atoms with E-state index in [9.17, 15) is 9.59 Å². The van der Waals surface area contributed by atoms with Crippen LogP contribution in [0.15, 0.2) is 17.8 Å². The lowest BCUT2D eigenvalue weighted by molar-refractivity contribution is -0.135. The third-order valence-corrected chi connectivity index (χ3v) is 5.32. The summed E-state index contributed by atoms with van der Waals surface area (Å²) in [5.41, 5.74) is 0.273. The molecule has 1 aliphatic heterocycles. The molecule has 2 aromatic rings. The van der Waals surface area contributed by atoms with E-state index in [2.05, 4.69) is 11.9 Å². The largest absolute Gasteiger partial charge is 0.444 e. The number of nitrogens with zero attached hydrogens (tertiary/aromatic N) is 4. The molecule has 1 fully saturated rings. The molecule has 148 valence electrons. The molecule has 0 spiro atoms. The molecule has 1 atom stereocenters. The van der Waals surface area contributed by atoms with Crippen LogP contribution < -0.4 is 0 Å². The lowest BCUT2D eigenvalue weighted by Gasteiger charge is -2.41. The van der Waals surface area contributed by atoms with Crippen molar-refractivity contribution in [1.29, 1.82) is 0 Å². The van der Waals surface area contributed by atoms with Crippen LogP contribution in [0.1, 0.15) is 46.2 Å². The number of rotatable bonds is 4. The Morgan fingerprint density at radius 1 is 1.33 bits per heavy atom. The van der Waals surface area contributed by atoms with E-state index in [-0.39, 0.29) is 18.0 Å². The second-order valence-electron chi connectivity index (χ2n) is 7.96. The monoisotopic (exact) mass is 392 g/mol. The summed E-state index contributed by atoms with van der Waals surface area (Å²) in [7, 11) is 0. The van der Waals surface area contributed by atoms with Crippen LogP contribution in [0.2, 0.25) is 0 Å². The first-order chi connectivity index (χ1) is 12.8. The number of ether oxygens (including phenoxy) is 1. The molecule has 7 nitrogen and oxygen atoms in total. The molecule has 0 saturated carbocycles. The fraction of sp³-hybridized carbons (Fsp3) is 0.632. The van der Waals surface area contributed by atoms with Gasteiger partial charge in [0.25, 0.3) is 0 Å². The van der Waals surface area contributed by atoms with E-state index >= 15 is 0 Å². The van der Waals surface area contributed by atoms with Gasteiger partial charge in [0, 0.05) is 43.4 Å². The average Bonchev–Trinajstić information content (AvgIpc) is 3.14. The molecule has 0 N–H and O–H groups in total. The molecule has 27 heavy (non-hydrogen) atoms. The number of carbonyl (C=O) groups is 2. The highest BCUT2D eigenvalue weighted by molar-refractivity contribution is 7.15. The highest BCUT2D eigenvalue weighted by Gasteiger charge is 2.34. The molecule has 3 heterocycles. The summed E-state index contributed by atoms with van der Waals surface area (Å²) in [5, 5.41) is 1.97. The summed E-state index contributed by atoms with van der Waals surface area (Å²) >= 11 is 1.56. The van der Waals surface area contributed by atoms with Gasteiger partial charge in [0.05, 0.1) is 12.1 Å². The maximum atomic E-state index is 12.9. The van der Waals surface area contributed by atoms with Gasteiger partial charge in [-0.25, -0.2) is 9.78 Å². The number of amides is 2. The van der Waals surface area contributed by atoms with E-state index in [0.717, 1.165) is 23.5 Å². The van der Waals surface area contributed by atoms with Crippen molar-refractivity contribution >= 4 is 28.3 Å². The van der Waals surface area contributed by atoms with Gasteiger partial charge >= 0.3 is 6.09 Å². The maximum absolute atomic E-state index is 12.9. The number of carbonyl (C=O) groups excluding carboxylic acids is 2. The highest BCUT2D eigenvalue weighted by Crippen LogP contribution is 2.19. The molecule has 0 aliphatic carbocycles. The molecule has 1 aliphatic rings. The summed E-state index contributed by atoms with van der Waals surface area (Å²) in [6.07, 6.45) is 5.67. The van der Waals surface area contributed by atoms with Crippen LogP contribution in [0, 0.1) is 0 Å². The number of aromatic nitrogens is 2. The molecule has 1 saturated heterocycles. The van der Waals surface area contributed by atoms with Crippen LogP contribution in [0.25, 0.3) is 4.96 Å². The lowest BCUT2D eigenvalue weighted by Crippen LogP contribution is -2.57. The topological polar surface area (TPSA) is 67.2 Å².